The van der Waals surface area contributed by atoms with Gasteiger partial charge in [-0.3, -0.25) is 19.0 Å². The number of nitrogens with zero attached hydrogens (tertiary/aromatic N) is 4. The maximum absolute atomic E-state index is 13.2. The number of hydrogen-bond donors (Lipinski definition) is 2. The summed E-state index contributed by atoms with van der Waals surface area (Å²) in [7, 11) is 0. The van der Waals surface area contributed by atoms with Crippen LogP contribution in [0.2, 0.25) is 0 Å². The molecular formula is C24H24N6O2. The summed E-state index contributed by atoms with van der Waals surface area (Å²) >= 11 is 0. The lowest BCUT2D eigenvalue weighted by Gasteiger charge is -2.17. The summed E-state index contributed by atoms with van der Waals surface area (Å²) in [6, 6.07) is 9.30. The molecule has 0 atom stereocenters. The van der Waals surface area contributed by atoms with Gasteiger partial charge >= 0.3 is 0 Å². The van der Waals surface area contributed by atoms with Gasteiger partial charge in [0.05, 0.1) is 10.9 Å². The molecule has 162 valence electrons. The van der Waals surface area contributed by atoms with Crippen LogP contribution >= 0.6 is 0 Å². The molecule has 1 fully saturated rings. The van der Waals surface area contributed by atoms with Crippen molar-refractivity contribution in [1.29, 1.82) is 0 Å². The number of nitrogens with one attached hydrogen (secondary N) is 2. The quantitative estimate of drug-likeness (QED) is 0.473. The van der Waals surface area contributed by atoms with E-state index in [4.69, 9.17) is 0 Å². The second-order valence-electron chi connectivity index (χ2n) is 8.28. The molecule has 0 aromatic carbocycles. The van der Waals surface area contributed by atoms with Crippen molar-refractivity contribution in [2.45, 2.75) is 45.2 Å². The fraction of sp³-hybridized carbons (Fsp3) is 0.292. The SMILES string of the molecule is Cc1ccc2nc3nc(NC4CCCC4)c(C(=O)NCc4cccnc4)cc3c(=O)n2c1. The van der Waals surface area contributed by atoms with E-state index in [1.165, 1.54) is 4.40 Å². The summed E-state index contributed by atoms with van der Waals surface area (Å²) in [6.45, 7) is 2.25. The second-order valence-corrected chi connectivity index (χ2v) is 8.28. The molecule has 1 amide bonds. The van der Waals surface area contributed by atoms with Crippen LogP contribution in [0.25, 0.3) is 16.7 Å². The average molecular weight is 428 g/mol. The standard InChI is InChI=1S/C24H24N6O2/c1-15-8-9-20-28-22-19(24(32)30(20)14-15)11-18(21(29-22)27-17-6-2-3-7-17)23(31)26-13-16-5-4-10-25-12-16/h4-5,8-12,14,17H,2-3,6-7,13H2,1H3,(H,26,31)(H,27,29). The lowest BCUT2D eigenvalue weighted by atomic mass is 10.1. The zero-order valence-corrected chi connectivity index (χ0v) is 17.8. The van der Waals surface area contributed by atoms with Gasteiger partial charge < -0.3 is 10.6 Å². The van der Waals surface area contributed by atoms with Crippen LogP contribution < -0.4 is 16.2 Å². The van der Waals surface area contributed by atoms with E-state index in [2.05, 4.69) is 25.6 Å². The second kappa shape index (κ2) is 8.37. The first-order valence-electron chi connectivity index (χ1n) is 10.9. The fourth-order valence-electron chi connectivity index (χ4n) is 4.16. The monoisotopic (exact) mass is 428 g/mol. The van der Waals surface area contributed by atoms with Crippen LogP contribution in [0.15, 0.2) is 53.7 Å². The number of hydrogen-bond acceptors (Lipinski definition) is 6. The molecule has 0 bridgehead atoms. The van der Waals surface area contributed by atoms with E-state index in [1.54, 1.807) is 30.7 Å². The third-order valence-corrected chi connectivity index (χ3v) is 5.86. The highest BCUT2D eigenvalue weighted by Crippen LogP contribution is 2.25. The zero-order chi connectivity index (χ0) is 22.1. The van der Waals surface area contributed by atoms with Crippen LogP contribution in [0.5, 0.6) is 0 Å². The van der Waals surface area contributed by atoms with Gasteiger partial charge in [0.15, 0.2) is 5.65 Å². The Bertz CT molecular complexity index is 1360. The van der Waals surface area contributed by atoms with Gasteiger partial charge in [-0.05, 0) is 49.1 Å². The molecule has 2 N–H and O–H groups in total. The Kier molecular flexibility index (Phi) is 5.26. The van der Waals surface area contributed by atoms with Gasteiger partial charge in [0.1, 0.15) is 11.5 Å². The molecule has 32 heavy (non-hydrogen) atoms. The number of carbonyl (C=O) groups is 1. The van der Waals surface area contributed by atoms with E-state index in [9.17, 15) is 9.59 Å². The molecule has 1 aliphatic rings. The van der Waals surface area contributed by atoms with E-state index in [0.29, 0.717) is 34.6 Å². The summed E-state index contributed by atoms with van der Waals surface area (Å²) in [6.07, 6.45) is 9.51. The Labute approximate surface area is 184 Å². The normalized spacial score (nSPS) is 14.2. The topological polar surface area (TPSA) is 101 Å². The molecule has 4 heterocycles. The van der Waals surface area contributed by atoms with Crippen molar-refractivity contribution in [3.63, 3.8) is 0 Å². The van der Waals surface area contributed by atoms with Crippen molar-refractivity contribution in [3.05, 3.63) is 76.0 Å². The van der Waals surface area contributed by atoms with Gasteiger partial charge in [-0.1, -0.05) is 25.0 Å². The molecule has 8 nitrogen and oxygen atoms in total. The van der Waals surface area contributed by atoms with E-state index in [1.807, 2.05) is 25.1 Å². The van der Waals surface area contributed by atoms with Crippen molar-refractivity contribution in [1.82, 2.24) is 24.7 Å². The predicted molar refractivity (Wildman–Crippen MR) is 123 cm³/mol. The Morgan fingerprint density at radius 1 is 1.19 bits per heavy atom. The minimum atomic E-state index is -0.294. The average Bonchev–Trinajstić information content (AvgIpc) is 3.32. The number of pyridine rings is 3. The van der Waals surface area contributed by atoms with Crippen molar-refractivity contribution in [3.8, 4) is 0 Å². The molecule has 1 saturated carbocycles. The number of fused-ring (bicyclic) bond motifs is 2. The molecule has 5 rings (SSSR count). The maximum atomic E-state index is 13.2. The summed E-state index contributed by atoms with van der Waals surface area (Å²) < 4.78 is 1.50. The lowest BCUT2D eigenvalue weighted by Crippen LogP contribution is -2.27. The van der Waals surface area contributed by atoms with Crippen LogP contribution in [0.3, 0.4) is 0 Å². The van der Waals surface area contributed by atoms with Crippen molar-refractivity contribution in [2.75, 3.05) is 5.32 Å². The molecular weight excluding hydrogens is 404 g/mol. The van der Waals surface area contributed by atoms with Crippen LogP contribution in [-0.4, -0.2) is 31.3 Å². The highest BCUT2D eigenvalue weighted by Gasteiger charge is 2.22. The van der Waals surface area contributed by atoms with Crippen LogP contribution in [0.1, 0.15) is 47.2 Å². The highest BCUT2D eigenvalue weighted by molar-refractivity contribution is 6.01. The summed E-state index contributed by atoms with van der Waals surface area (Å²) in [5.74, 6) is 0.175. The smallest absolute Gasteiger partial charge is 0.267 e. The van der Waals surface area contributed by atoms with Gasteiger partial charge in [-0.2, -0.15) is 0 Å². The minimum Gasteiger partial charge on any atom is -0.367 e. The third-order valence-electron chi connectivity index (χ3n) is 5.86. The maximum Gasteiger partial charge on any atom is 0.267 e. The van der Waals surface area contributed by atoms with Crippen LogP contribution in [0.4, 0.5) is 5.82 Å². The van der Waals surface area contributed by atoms with Gasteiger partial charge in [-0.25, -0.2) is 9.97 Å². The summed E-state index contributed by atoms with van der Waals surface area (Å²) in [5, 5.41) is 6.66. The third kappa shape index (κ3) is 3.91. The van der Waals surface area contributed by atoms with Gasteiger partial charge in [0, 0.05) is 31.2 Å². The minimum absolute atomic E-state index is 0.241. The van der Waals surface area contributed by atoms with Crippen molar-refractivity contribution >= 4 is 28.4 Å². The molecule has 0 saturated heterocycles. The molecule has 4 aromatic rings. The fourth-order valence-corrected chi connectivity index (χ4v) is 4.16. The van der Waals surface area contributed by atoms with Crippen molar-refractivity contribution in [2.24, 2.45) is 0 Å². The number of aromatic nitrogens is 4. The number of amides is 1. The molecule has 0 aliphatic heterocycles. The first kappa shape index (κ1) is 20.1. The van der Waals surface area contributed by atoms with E-state index in [0.717, 1.165) is 36.8 Å². The van der Waals surface area contributed by atoms with Gasteiger partial charge in [-0.15, -0.1) is 0 Å². The summed E-state index contributed by atoms with van der Waals surface area (Å²) in [5.41, 5.74) is 2.81. The first-order valence-corrected chi connectivity index (χ1v) is 10.9. The van der Waals surface area contributed by atoms with Crippen LogP contribution in [0, 0.1) is 6.92 Å². The highest BCUT2D eigenvalue weighted by atomic mass is 16.1. The van der Waals surface area contributed by atoms with Gasteiger partial charge in [0.2, 0.25) is 0 Å². The molecule has 0 spiro atoms. The number of carbonyl (C=O) groups excluding carboxylic acids is 1. The lowest BCUT2D eigenvalue weighted by molar-refractivity contribution is 0.0951. The Morgan fingerprint density at radius 2 is 2.03 bits per heavy atom. The zero-order valence-electron chi connectivity index (χ0n) is 17.8. The molecule has 8 heteroatoms. The summed E-state index contributed by atoms with van der Waals surface area (Å²) in [4.78, 5) is 39.6. The molecule has 1 aliphatic carbocycles. The number of rotatable bonds is 5. The van der Waals surface area contributed by atoms with E-state index >= 15 is 0 Å². The number of anilines is 1. The van der Waals surface area contributed by atoms with Gasteiger partial charge in [0.25, 0.3) is 11.5 Å². The molecule has 0 radical (unpaired) electrons. The Hall–Kier alpha value is -3.81. The number of aryl methyl sites for hydroxylation is 1. The Morgan fingerprint density at radius 3 is 2.81 bits per heavy atom. The first-order chi connectivity index (χ1) is 15.6. The van der Waals surface area contributed by atoms with E-state index in [-0.39, 0.29) is 17.5 Å². The van der Waals surface area contributed by atoms with Crippen LogP contribution in [-0.2, 0) is 6.54 Å². The largest absolute Gasteiger partial charge is 0.367 e. The predicted octanol–water partition coefficient (Wildman–Crippen LogP) is 3.23. The van der Waals surface area contributed by atoms with E-state index < -0.39 is 0 Å². The Balaban J connectivity index is 1.58. The van der Waals surface area contributed by atoms with Crippen molar-refractivity contribution < 1.29 is 4.79 Å². The molecule has 4 aromatic heterocycles. The molecule has 0 unspecified atom stereocenters.